The van der Waals surface area contributed by atoms with Gasteiger partial charge in [-0.15, -0.1) is 0 Å². The molecule has 0 atom stereocenters. The molecule has 6 heteroatoms. The van der Waals surface area contributed by atoms with Crippen LogP contribution in [-0.4, -0.2) is 36.6 Å². The fourth-order valence-corrected chi connectivity index (χ4v) is 3.45. The van der Waals surface area contributed by atoms with E-state index in [4.69, 9.17) is 4.74 Å². The number of nitrogens with one attached hydrogen (secondary N) is 1. The number of esters is 1. The van der Waals surface area contributed by atoms with E-state index in [0.29, 0.717) is 43.8 Å². The number of urea groups is 1. The van der Waals surface area contributed by atoms with Crippen LogP contribution in [0.4, 0.5) is 10.5 Å². The summed E-state index contributed by atoms with van der Waals surface area (Å²) < 4.78 is 4.99. The predicted molar refractivity (Wildman–Crippen MR) is 106 cm³/mol. The van der Waals surface area contributed by atoms with E-state index in [1.54, 1.807) is 36.1 Å². The Balaban J connectivity index is 1.64. The van der Waals surface area contributed by atoms with E-state index in [1.807, 2.05) is 30.3 Å². The quantitative estimate of drug-likeness (QED) is 0.818. The molecule has 1 aliphatic heterocycles. The van der Waals surface area contributed by atoms with Crippen molar-refractivity contribution in [2.24, 2.45) is 0 Å². The normalized spacial score (nSPS) is 15.4. The molecule has 3 rings (SSSR count). The first-order chi connectivity index (χ1) is 13.6. The molecule has 0 bridgehead atoms. The summed E-state index contributed by atoms with van der Waals surface area (Å²) in [5.74, 6) is -0.418. The van der Waals surface area contributed by atoms with Crippen LogP contribution >= 0.6 is 0 Å². The maximum atomic E-state index is 12.6. The summed E-state index contributed by atoms with van der Waals surface area (Å²) in [6.45, 7) is 3.03. The lowest BCUT2D eigenvalue weighted by molar-refractivity contribution is 0.0526. The SMILES string of the molecule is CCOC(=O)c1cccc(NC(=O)N2CCC(C#N)(c3ccccc3)CC2)c1. The van der Waals surface area contributed by atoms with Gasteiger partial charge in [0.1, 0.15) is 0 Å². The van der Waals surface area contributed by atoms with Crippen molar-refractivity contribution in [3.05, 3.63) is 65.7 Å². The third kappa shape index (κ3) is 4.15. The van der Waals surface area contributed by atoms with Gasteiger partial charge in [-0.2, -0.15) is 5.26 Å². The number of rotatable bonds is 4. The summed E-state index contributed by atoms with van der Waals surface area (Å²) in [5, 5.41) is 12.6. The molecule has 0 saturated carbocycles. The van der Waals surface area contributed by atoms with Gasteiger partial charge in [-0.3, -0.25) is 0 Å². The zero-order chi connectivity index (χ0) is 20.0. The molecule has 1 N–H and O–H groups in total. The summed E-state index contributed by atoms with van der Waals surface area (Å²) in [7, 11) is 0. The minimum absolute atomic E-state index is 0.236. The van der Waals surface area contributed by atoms with Gasteiger partial charge in [-0.25, -0.2) is 9.59 Å². The van der Waals surface area contributed by atoms with E-state index in [0.717, 1.165) is 5.56 Å². The molecule has 0 aromatic heterocycles. The van der Waals surface area contributed by atoms with Gasteiger partial charge in [-0.05, 0) is 43.5 Å². The summed E-state index contributed by atoms with van der Waals surface area (Å²) in [4.78, 5) is 26.2. The van der Waals surface area contributed by atoms with Crippen LogP contribution in [0.3, 0.4) is 0 Å². The van der Waals surface area contributed by atoms with Crippen LogP contribution in [-0.2, 0) is 10.2 Å². The number of ether oxygens (including phenoxy) is 1. The Morgan fingerprint density at radius 3 is 2.50 bits per heavy atom. The molecule has 0 unspecified atom stereocenters. The number of nitrogens with zero attached hydrogens (tertiary/aromatic N) is 2. The molecule has 1 fully saturated rings. The Morgan fingerprint density at radius 2 is 1.86 bits per heavy atom. The lowest BCUT2D eigenvalue weighted by Crippen LogP contribution is -2.46. The number of likely N-dealkylation sites (tertiary alicyclic amines) is 1. The molecule has 1 saturated heterocycles. The maximum absolute atomic E-state index is 12.6. The van der Waals surface area contributed by atoms with Crippen molar-refractivity contribution in [3.63, 3.8) is 0 Å². The number of piperidine rings is 1. The minimum Gasteiger partial charge on any atom is -0.462 e. The molecule has 1 aliphatic rings. The highest BCUT2D eigenvalue weighted by molar-refractivity contribution is 5.94. The Bertz CT molecular complexity index is 881. The zero-order valence-electron chi connectivity index (χ0n) is 15.9. The number of hydrogen-bond donors (Lipinski definition) is 1. The smallest absolute Gasteiger partial charge is 0.338 e. The lowest BCUT2D eigenvalue weighted by Gasteiger charge is -2.37. The van der Waals surface area contributed by atoms with E-state index in [1.165, 1.54) is 0 Å². The van der Waals surface area contributed by atoms with Crippen LogP contribution in [0.25, 0.3) is 0 Å². The van der Waals surface area contributed by atoms with Gasteiger partial charge in [0.25, 0.3) is 0 Å². The number of benzene rings is 2. The van der Waals surface area contributed by atoms with Gasteiger partial charge in [0, 0.05) is 18.8 Å². The van der Waals surface area contributed by atoms with Crippen molar-refractivity contribution in [1.29, 1.82) is 5.26 Å². The van der Waals surface area contributed by atoms with Crippen LogP contribution < -0.4 is 5.32 Å². The Hall–Kier alpha value is -3.33. The summed E-state index contributed by atoms with van der Waals surface area (Å²) in [5.41, 5.74) is 1.38. The third-order valence-corrected chi connectivity index (χ3v) is 5.07. The van der Waals surface area contributed by atoms with Crippen LogP contribution in [0, 0.1) is 11.3 Å². The van der Waals surface area contributed by atoms with Crippen LogP contribution in [0.15, 0.2) is 54.6 Å². The fraction of sp³-hybridized carbons (Fsp3) is 0.318. The Kier molecular flexibility index (Phi) is 5.95. The molecule has 1 heterocycles. The highest BCUT2D eigenvalue weighted by Gasteiger charge is 2.37. The maximum Gasteiger partial charge on any atom is 0.338 e. The summed E-state index contributed by atoms with van der Waals surface area (Å²) >= 11 is 0. The van der Waals surface area contributed by atoms with Gasteiger partial charge in [0.05, 0.1) is 23.7 Å². The van der Waals surface area contributed by atoms with Crippen molar-refractivity contribution in [2.45, 2.75) is 25.2 Å². The number of amides is 2. The van der Waals surface area contributed by atoms with Crippen LogP contribution in [0.5, 0.6) is 0 Å². The molecule has 2 amide bonds. The molecule has 144 valence electrons. The summed E-state index contributed by atoms with van der Waals surface area (Å²) in [6.07, 6.45) is 1.17. The second kappa shape index (κ2) is 8.57. The lowest BCUT2D eigenvalue weighted by atomic mass is 9.74. The molecule has 0 aliphatic carbocycles. The summed E-state index contributed by atoms with van der Waals surface area (Å²) in [6, 6.07) is 18.7. The molecule has 28 heavy (non-hydrogen) atoms. The fourth-order valence-electron chi connectivity index (χ4n) is 3.45. The van der Waals surface area contributed by atoms with Crippen molar-refractivity contribution >= 4 is 17.7 Å². The zero-order valence-corrected chi connectivity index (χ0v) is 15.9. The van der Waals surface area contributed by atoms with E-state index >= 15 is 0 Å². The minimum atomic E-state index is -0.554. The molecule has 0 spiro atoms. The molecule has 0 radical (unpaired) electrons. The number of carbonyl (C=O) groups excluding carboxylic acids is 2. The second-order valence-electron chi connectivity index (χ2n) is 6.78. The first-order valence-electron chi connectivity index (χ1n) is 9.38. The highest BCUT2D eigenvalue weighted by atomic mass is 16.5. The third-order valence-electron chi connectivity index (χ3n) is 5.07. The number of hydrogen-bond acceptors (Lipinski definition) is 4. The average Bonchev–Trinajstić information content (AvgIpc) is 2.75. The van der Waals surface area contributed by atoms with Crippen molar-refractivity contribution in [1.82, 2.24) is 4.90 Å². The van der Waals surface area contributed by atoms with Crippen LogP contribution in [0.2, 0.25) is 0 Å². The van der Waals surface area contributed by atoms with Gasteiger partial charge in [0.2, 0.25) is 0 Å². The molecule has 6 nitrogen and oxygen atoms in total. The second-order valence-corrected chi connectivity index (χ2v) is 6.78. The van der Waals surface area contributed by atoms with Crippen molar-refractivity contribution < 1.29 is 14.3 Å². The predicted octanol–water partition coefficient (Wildman–Crippen LogP) is 3.95. The monoisotopic (exact) mass is 377 g/mol. The Morgan fingerprint density at radius 1 is 1.14 bits per heavy atom. The van der Waals surface area contributed by atoms with Gasteiger partial charge in [0.15, 0.2) is 0 Å². The number of nitriles is 1. The van der Waals surface area contributed by atoms with E-state index < -0.39 is 11.4 Å². The van der Waals surface area contributed by atoms with Gasteiger partial charge < -0.3 is 15.0 Å². The topological polar surface area (TPSA) is 82.4 Å². The van der Waals surface area contributed by atoms with E-state index in [2.05, 4.69) is 11.4 Å². The first kappa shape index (κ1) is 19.4. The molecular formula is C22H23N3O3. The van der Waals surface area contributed by atoms with Crippen molar-refractivity contribution in [3.8, 4) is 6.07 Å². The highest BCUT2D eigenvalue weighted by Crippen LogP contribution is 2.35. The van der Waals surface area contributed by atoms with Crippen molar-refractivity contribution in [2.75, 3.05) is 25.0 Å². The Labute approximate surface area is 164 Å². The average molecular weight is 377 g/mol. The molecule has 2 aromatic carbocycles. The van der Waals surface area contributed by atoms with Crippen LogP contribution in [0.1, 0.15) is 35.7 Å². The van der Waals surface area contributed by atoms with E-state index in [-0.39, 0.29) is 6.03 Å². The molecule has 2 aromatic rings. The molecular weight excluding hydrogens is 354 g/mol. The standard InChI is InChI=1S/C22H23N3O3/c1-2-28-20(26)17-7-6-10-19(15-17)24-21(27)25-13-11-22(16-23,12-14-25)18-8-4-3-5-9-18/h3-10,15H,2,11-14H2,1H3,(H,24,27). The van der Waals surface area contributed by atoms with Gasteiger partial charge in [-0.1, -0.05) is 36.4 Å². The number of anilines is 1. The largest absolute Gasteiger partial charge is 0.462 e. The van der Waals surface area contributed by atoms with E-state index in [9.17, 15) is 14.9 Å². The first-order valence-corrected chi connectivity index (χ1v) is 9.38. The number of carbonyl (C=O) groups is 2. The van der Waals surface area contributed by atoms with Gasteiger partial charge >= 0.3 is 12.0 Å².